The van der Waals surface area contributed by atoms with E-state index in [-0.39, 0.29) is 5.69 Å². The zero-order valence-corrected chi connectivity index (χ0v) is 6.14. The third-order valence-electron chi connectivity index (χ3n) is 1.61. The van der Waals surface area contributed by atoms with E-state index < -0.39 is 4.92 Å². The number of nitro benzene ring substituents is 1. The van der Waals surface area contributed by atoms with Crippen LogP contribution in [-0.4, -0.2) is 11.7 Å². The summed E-state index contributed by atoms with van der Waals surface area (Å²) in [6.07, 6.45) is 0. The summed E-state index contributed by atoms with van der Waals surface area (Å²) in [6, 6.07) is 6.48. The van der Waals surface area contributed by atoms with Crippen molar-refractivity contribution in [1.29, 1.82) is 0 Å². The van der Waals surface area contributed by atoms with Crippen LogP contribution in [0.15, 0.2) is 24.3 Å². The Morgan fingerprint density at radius 2 is 2.17 bits per heavy atom. The molecule has 1 aliphatic heterocycles. The van der Waals surface area contributed by atoms with Gasteiger partial charge in [-0.2, -0.15) is 0 Å². The molecule has 0 unspecified atom stereocenters. The fourth-order valence-electron chi connectivity index (χ4n) is 0.997. The van der Waals surface area contributed by atoms with Crippen LogP contribution in [0.1, 0.15) is 0 Å². The second-order valence-corrected chi connectivity index (χ2v) is 2.38. The fourth-order valence-corrected chi connectivity index (χ4v) is 0.997. The van der Waals surface area contributed by atoms with Crippen LogP contribution < -0.4 is 5.06 Å². The lowest BCUT2D eigenvalue weighted by atomic mass is 10.3. The maximum absolute atomic E-state index is 10.5. The van der Waals surface area contributed by atoms with Gasteiger partial charge in [-0.3, -0.25) is 10.1 Å². The minimum atomic E-state index is -0.420. The van der Waals surface area contributed by atoms with Gasteiger partial charge in [0.1, 0.15) is 5.69 Å². The zero-order valence-electron chi connectivity index (χ0n) is 6.14. The van der Waals surface area contributed by atoms with Gasteiger partial charge in [0, 0.05) is 6.07 Å². The molecule has 2 rings (SSSR count). The van der Waals surface area contributed by atoms with E-state index in [1.165, 1.54) is 11.1 Å². The van der Waals surface area contributed by atoms with Crippen molar-refractivity contribution in [3.63, 3.8) is 0 Å². The van der Waals surface area contributed by atoms with Crippen LogP contribution in [-0.2, 0) is 4.84 Å². The Balaban J connectivity index is 2.43. The molecule has 0 aliphatic carbocycles. The molecule has 1 aromatic rings. The Labute approximate surface area is 68.3 Å². The van der Waals surface area contributed by atoms with Crippen LogP contribution in [0.5, 0.6) is 0 Å². The lowest BCUT2D eigenvalue weighted by Crippen LogP contribution is -1.96. The summed E-state index contributed by atoms with van der Waals surface area (Å²) in [4.78, 5) is 14.9. The largest absolute Gasteiger partial charge is 0.294 e. The number of benzene rings is 1. The first kappa shape index (κ1) is 7.05. The summed E-state index contributed by atoms with van der Waals surface area (Å²) < 4.78 is 0. The number of hydrogen-bond donors (Lipinski definition) is 0. The molecule has 1 aliphatic rings. The van der Waals surface area contributed by atoms with Crippen molar-refractivity contribution in [3.05, 3.63) is 34.4 Å². The first-order valence-corrected chi connectivity index (χ1v) is 3.43. The maximum atomic E-state index is 10.5. The molecule has 1 aromatic carbocycles. The Morgan fingerprint density at radius 1 is 1.50 bits per heavy atom. The molecule has 0 N–H and O–H groups in total. The van der Waals surface area contributed by atoms with Gasteiger partial charge in [0.15, 0.2) is 6.73 Å². The summed E-state index contributed by atoms with van der Waals surface area (Å²) in [5, 5.41) is 11.9. The second kappa shape index (κ2) is 2.46. The molecule has 0 radical (unpaired) electrons. The third kappa shape index (κ3) is 1.10. The van der Waals surface area contributed by atoms with Crippen molar-refractivity contribution in [3.8, 4) is 0 Å². The molecule has 0 atom stereocenters. The van der Waals surface area contributed by atoms with Gasteiger partial charge in [-0.25, -0.2) is 9.90 Å². The van der Waals surface area contributed by atoms with Crippen LogP contribution in [0.25, 0.3) is 0 Å². The average molecular weight is 166 g/mol. The van der Waals surface area contributed by atoms with Crippen molar-refractivity contribution < 1.29 is 9.76 Å². The Bertz CT molecular complexity index is 322. The van der Waals surface area contributed by atoms with Crippen molar-refractivity contribution in [1.82, 2.24) is 0 Å². The predicted octanol–water partition coefficient (Wildman–Crippen LogP) is 1.30. The van der Waals surface area contributed by atoms with E-state index in [1.807, 2.05) is 0 Å². The Hall–Kier alpha value is -1.62. The highest BCUT2D eigenvalue weighted by Crippen LogP contribution is 2.31. The van der Waals surface area contributed by atoms with Gasteiger partial charge >= 0.3 is 0 Å². The Kier molecular flexibility index (Phi) is 1.44. The van der Waals surface area contributed by atoms with E-state index in [4.69, 9.17) is 4.84 Å². The molecule has 12 heavy (non-hydrogen) atoms. The number of hydroxylamine groups is 1. The van der Waals surface area contributed by atoms with Gasteiger partial charge in [0.2, 0.25) is 0 Å². The van der Waals surface area contributed by atoms with E-state index in [2.05, 4.69) is 0 Å². The number of anilines is 1. The summed E-state index contributed by atoms with van der Waals surface area (Å²) in [5.74, 6) is 0. The molecule has 1 saturated heterocycles. The lowest BCUT2D eigenvalue weighted by molar-refractivity contribution is -0.384. The number of nitrogens with zero attached hydrogens (tertiary/aromatic N) is 2. The maximum Gasteiger partial charge on any atom is 0.294 e. The molecule has 62 valence electrons. The quantitative estimate of drug-likeness (QED) is 0.377. The predicted molar refractivity (Wildman–Crippen MR) is 41.5 cm³/mol. The molecular formula is C7H6N2O3. The van der Waals surface area contributed by atoms with Gasteiger partial charge in [0.25, 0.3) is 5.69 Å². The van der Waals surface area contributed by atoms with E-state index in [0.717, 1.165) is 0 Å². The van der Waals surface area contributed by atoms with Crippen LogP contribution in [0, 0.1) is 10.1 Å². The van der Waals surface area contributed by atoms with E-state index in [1.54, 1.807) is 18.2 Å². The average Bonchev–Trinajstić information content (AvgIpc) is 2.87. The van der Waals surface area contributed by atoms with Crippen molar-refractivity contribution in [2.45, 2.75) is 0 Å². The van der Waals surface area contributed by atoms with Crippen LogP contribution in [0.2, 0.25) is 0 Å². The molecule has 0 spiro atoms. The van der Waals surface area contributed by atoms with Gasteiger partial charge in [-0.1, -0.05) is 12.1 Å². The number of hydrogen-bond acceptors (Lipinski definition) is 4. The van der Waals surface area contributed by atoms with Crippen molar-refractivity contribution in [2.75, 3.05) is 11.8 Å². The molecule has 0 bridgehead atoms. The summed E-state index contributed by atoms with van der Waals surface area (Å²) >= 11 is 0. The number of rotatable bonds is 2. The highest BCUT2D eigenvalue weighted by Gasteiger charge is 2.27. The SMILES string of the molecule is O=[N+]([O-])c1ccccc1N1CO1. The summed E-state index contributed by atoms with van der Waals surface area (Å²) in [7, 11) is 0. The normalized spacial score (nSPS) is 14.5. The first-order chi connectivity index (χ1) is 5.79. The van der Waals surface area contributed by atoms with E-state index in [0.29, 0.717) is 12.4 Å². The topological polar surface area (TPSA) is 58.7 Å². The molecule has 5 heteroatoms. The van der Waals surface area contributed by atoms with Gasteiger partial charge in [-0.15, -0.1) is 0 Å². The molecule has 5 nitrogen and oxygen atoms in total. The molecule has 0 amide bonds. The smallest absolute Gasteiger partial charge is 0.258 e. The molecule has 0 aromatic heterocycles. The second-order valence-electron chi connectivity index (χ2n) is 2.38. The first-order valence-electron chi connectivity index (χ1n) is 3.43. The summed E-state index contributed by atoms with van der Waals surface area (Å²) in [5.41, 5.74) is 0.595. The van der Waals surface area contributed by atoms with Gasteiger partial charge < -0.3 is 0 Å². The number of nitro groups is 1. The highest BCUT2D eigenvalue weighted by molar-refractivity contribution is 5.62. The Morgan fingerprint density at radius 3 is 2.75 bits per heavy atom. The van der Waals surface area contributed by atoms with Crippen LogP contribution >= 0.6 is 0 Å². The standard InChI is InChI=1S/C7H6N2O3/c10-9(11)7-4-2-1-3-6(7)8-5-12-8/h1-4H,5H2. The molecule has 1 heterocycles. The van der Waals surface area contributed by atoms with Crippen molar-refractivity contribution >= 4 is 11.4 Å². The van der Waals surface area contributed by atoms with E-state index in [9.17, 15) is 10.1 Å². The number of para-hydroxylation sites is 2. The lowest BCUT2D eigenvalue weighted by Gasteiger charge is -1.98. The van der Waals surface area contributed by atoms with Gasteiger partial charge in [-0.05, 0) is 6.07 Å². The fraction of sp³-hybridized carbons (Fsp3) is 0.143. The third-order valence-corrected chi connectivity index (χ3v) is 1.61. The van der Waals surface area contributed by atoms with Crippen LogP contribution in [0.3, 0.4) is 0 Å². The summed E-state index contributed by atoms with van der Waals surface area (Å²) in [6.45, 7) is 0.435. The van der Waals surface area contributed by atoms with E-state index >= 15 is 0 Å². The molecular weight excluding hydrogens is 160 g/mol. The zero-order chi connectivity index (χ0) is 8.55. The van der Waals surface area contributed by atoms with Gasteiger partial charge in [0.05, 0.1) is 4.92 Å². The minimum Gasteiger partial charge on any atom is -0.258 e. The minimum absolute atomic E-state index is 0.0787. The molecule has 0 saturated carbocycles. The monoisotopic (exact) mass is 166 g/mol. The van der Waals surface area contributed by atoms with Crippen molar-refractivity contribution in [2.24, 2.45) is 0 Å². The molecule has 1 fully saturated rings. The van der Waals surface area contributed by atoms with Crippen LogP contribution in [0.4, 0.5) is 11.4 Å². The highest BCUT2D eigenvalue weighted by atomic mass is 16.8.